The lowest BCUT2D eigenvalue weighted by Gasteiger charge is -2.30. The maximum Gasteiger partial charge on any atom is 0.140 e. The van der Waals surface area contributed by atoms with Crippen molar-refractivity contribution >= 4 is 0 Å². The summed E-state index contributed by atoms with van der Waals surface area (Å²) in [5.41, 5.74) is 1.93. The van der Waals surface area contributed by atoms with E-state index in [2.05, 4.69) is 5.32 Å². The van der Waals surface area contributed by atoms with Crippen molar-refractivity contribution in [2.45, 2.75) is 25.6 Å². The first-order valence-electron chi connectivity index (χ1n) is 4.71. The van der Waals surface area contributed by atoms with Crippen molar-refractivity contribution in [3.8, 4) is 0 Å². The number of alkyl halides is 1. The lowest BCUT2D eigenvalue weighted by molar-refractivity contribution is 0.194. The van der Waals surface area contributed by atoms with E-state index in [-0.39, 0.29) is 6.04 Å². The molecule has 0 aliphatic carbocycles. The van der Waals surface area contributed by atoms with E-state index in [4.69, 9.17) is 0 Å². The zero-order chi connectivity index (χ0) is 9.26. The number of hydrogen-bond acceptors (Lipinski definition) is 1. The van der Waals surface area contributed by atoms with Gasteiger partial charge in [-0.25, -0.2) is 4.39 Å². The van der Waals surface area contributed by atoms with Crippen LogP contribution in [-0.4, -0.2) is 12.6 Å². The van der Waals surface area contributed by atoms with Crippen LogP contribution in [0.25, 0.3) is 0 Å². The molecule has 1 heterocycles. The van der Waals surface area contributed by atoms with Crippen molar-refractivity contribution in [3.05, 3.63) is 35.4 Å². The smallest absolute Gasteiger partial charge is 0.140 e. The molecule has 2 rings (SSSR count). The SMILES string of the molecule is Cc1cccc(C(F)C2CCN2)c1. The minimum absolute atomic E-state index is 0.0433. The number of rotatable bonds is 2. The van der Waals surface area contributed by atoms with Gasteiger partial charge in [-0.1, -0.05) is 29.8 Å². The van der Waals surface area contributed by atoms with Gasteiger partial charge in [0.15, 0.2) is 0 Å². The molecule has 1 fully saturated rings. The van der Waals surface area contributed by atoms with Crippen molar-refractivity contribution < 1.29 is 4.39 Å². The topological polar surface area (TPSA) is 12.0 Å². The van der Waals surface area contributed by atoms with E-state index in [0.717, 1.165) is 24.1 Å². The molecule has 0 spiro atoms. The minimum Gasteiger partial charge on any atom is -0.311 e. The number of nitrogens with one attached hydrogen (secondary N) is 1. The van der Waals surface area contributed by atoms with Crippen LogP contribution in [0.15, 0.2) is 24.3 Å². The maximum absolute atomic E-state index is 13.7. The molecule has 0 amide bonds. The molecule has 1 aliphatic heterocycles. The fourth-order valence-electron chi connectivity index (χ4n) is 1.63. The Morgan fingerprint density at radius 2 is 2.31 bits per heavy atom. The van der Waals surface area contributed by atoms with Crippen LogP contribution in [0.5, 0.6) is 0 Å². The van der Waals surface area contributed by atoms with E-state index in [0.29, 0.717) is 0 Å². The molecule has 0 aromatic heterocycles. The normalized spacial score (nSPS) is 23.7. The van der Waals surface area contributed by atoms with Crippen LogP contribution in [0.2, 0.25) is 0 Å². The maximum atomic E-state index is 13.7. The molecule has 1 aliphatic rings. The van der Waals surface area contributed by atoms with E-state index in [9.17, 15) is 4.39 Å². The van der Waals surface area contributed by atoms with E-state index < -0.39 is 6.17 Å². The first kappa shape index (κ1) is 8.70. The van der Waals surface area contributed by atoms with Crippen LogP contribution in [0.1, 0.15) is 23.7 Å². The number of aryl methyl sites for hydroxylation is 1. The Labute approximate surface area is 78.0 Å². The van der Waals surface area contributed by atoms with Crippen LogP contribution >= 0.6 is 0 Å². The van der Waals surface area contributed by atoms with Gasteiger partial charge in [0, 0.05) is 6.04 Å². The van der Waals surface area contributed by atoms with Crippen molar-refractivity contribution in [3.63, 3.8) is 0 Å². The molecule has 70 valence electrons. The van der Waals surface area contributed by atoms with Gasteiger partial charge in [-0.05, 0) is 25.5 Å². The Morgan fingerprint density at radius 3 is 2.85 bits per heavy atom. The molecule has 2 heteroatoms. The van der Waals surface area contributed by atoms with Gasteiger partial charge >= 0.3 is 0 Å². The number of benzene rings is 1. The summed E-state index contributed by atoms with van der Waals surface area (Å²) in [6, 6.07) is 7.73. The third kappa shape index (κ3) is 1.73. The van der Waals surface area contributed by atoms with Gasteiger partial charge in [0.1, 0.15) is 6.17 Å². The van der Waals surface area contributed by atoms with Gasteiger partial charge in [0.2, 0.25) is 0 Å². The average Bonchev–Trinajstić information content (AvgIpc) is 2.01. The third-order valence-electron chi connectivity index (χ3n) is 2.58. The van der Waals surface area contributed by atoms with Crippen LogP contribution in [0.4, 0.5) is 4.39 Å². The van der Waals surface area contributed by atoms with Crippen LogP contribution < -0.4 is 5.32 Å². The van der Waals surface area contributed by atoms with Crippen molar-refractivity contribution in [1.29, 1.82) is 0 Å². The Kier molecular flexibility index (Phi) is 2.32. The molecule has 2 atom stereocenters. The summed E-state index contributed by atoms with van der Waals surface area (Å²) in [4.78, 5) is 0. The molecular formula is C11H14FN. The molecule has 0 bridgehead atoms. The third-order valence-corrected chi connectivity index (χ3v) is 2.58. The highest BCUT2D eigenvalue weighted by Gasteiger charge is 2.27. The van der Waals surface area contributed by atoms with Crippen molar-refractivity contribution in [2.24, 2.45) is 0 Å². The monoisotopic (exact) mass is 179 g/mol. The van der Waals surface area contributed by atoms with E-state index in [1.54, 1.807) is 0 Å². The van der Waals surface area contributed by atoms with Gasteiger partial charge in [0.25, 0.3) is 0 Å². The standard InChI is InChI=1S/C11H14FN/c1-8-3-2-4-9(7-8)11(12)10-5-6-13-10/h2-4,7,10-11,13H,5-6H2,1H3. The fraction of sp³-hybridized carbons (Fsp3) is 0.455. The fourth-order valence-corrected chi connectivity index (χ4v) is 1.63. The van der Waals surface area contributed by atoms with Gasteiger partial charge < -0.3 is 5.32 Å². The van der Waals surface area contributed by atoms with Gasteiger partial charge in [-0.3, -0.25) is 0 Å². The average molecular weight is 179 g/mol. The second-order valence-electron chi connectivity index (χ2n) is 3.67. The first-order valence-corrected chi connectivity index (χ1v) is 4.71. The summed E-state index contributed by atoms with van der Waals surface area (Å²) in [6.45, 7) is 2.95. The number of hydrogen-bond donors (Lipinski definition) is 1. The molecule has 1 saturated heterocycles. The molecule has 1 nitrogen and oxygen atoms in total. The second-order valence-corrected chi connectivity index (χ2v) is 3.67. The van der Waals surface area contributed by atoms with Crippen molar-refractivity contribution in [1.82, 2.24) is 5.32 Å². The van der Waals surface area contributed by atoms with Crippen LogP contribution in [0.3, 0.4) is 0 Å². The summed E-state index contributed by atoms with van der Waals surface area (Å²) >= 11 is 0. The highest BCUT2D eigenvalue weighted by atomic mass is 19.1. The largest absolute Gasteiger partial charge is 0.311 e. The first-order chi connectivity index (χ1) is 6.27. The Bertz CT molecular complexity index is 294. The molecular weight excluding hydrogens is 165 g/mol. The molecule has 1 N–H and O–H groups in total. The predicted octanol–water partition coefficient (Wildman–Crippen LogP) is 2.37. The van der Waals surface area contributed by atoms with E-state index in [1.807, 2.05) is 31.2 Å². The summed E-state index contributed by atoms with van der Waals surface area (Å²) in [5, 5.41) is 3.09. The summed E-state index contributed by atoms with van der Waals surface area (Å²) in [6.07, 6.45) is 0.114. The minimum atomic E-state index is -0.839. The highest BCUT2D eigenvalue weighted by molar-refractivity contribution is 5.25. The zero-order valence-corrected chi connectivity index (χ0v) is 7.76. The highest BCUT2D eigenvalue weighted by Crippen LogP contribution is 2.26. The van der Waals surface area contributed by atoms with Gasteiger partial charge in [0.05, 0.1) is 0 Å². The van der Waals surface area contributed by atoms with E-state index in [1.165, 1.54) is 0 Å². The summed E-state index contributed by atoms with van der Waals surface area (Å²) in [5.74, 6) is 0. The predicted molar refractivity (Wildman–Crippen MR) is 51.4 cm³/mol. The van der Waals surface area contributed by atoms with Crippen LogP contribution in [-0.2, 0) is 0 Å². The lowest BCUT2D eigenvalue weighted by Crippen LogP contribution is -2.45. The van der Waals surface area contributed by atoms with Crippen molar-refractivity contribution in [2.75, 3.05) is 6.54 Å². The molecule has 1 aromatic rings. The molecule has 0 radical (unpaired) electrons. The quantitative estimate of drug-likeness (QED) is 0.735. The molecule has 2 unspecified atom stereocenters. The number of halogens is 1. The van der Waals surface area contributed by atoms with Gasteiger partial charge in [-0.15, -0.1) is 0 Å². The van der Waals surface area contributed by atoms with Crippen LogP contribution in [0, 0.1) is 6.92 Å². The summed E-state index contributed by atoms with van der Waals surface area (Å²) in [7, 11) is 0. The molecule has 13 heavy (non-hydrogen) atoms. The molecule has 0 saturated carbocycles. The van der Waals surface area contributed by atoms with Gasteiger partial charge in [-0.2, -0.15) is 0 Å². The second kappa shape index (κ2) is 3.46. The Morgan fingerprint density at radius 1 is 1.54 bits per heavy atom. The zero-order valence-electron chi connectivity index (χ0n) is 7.76. The van der Waals surface area contributed by atoms with E-state index >= 15 is 0 Å². The Balaban J connectivity index is 2.14. The molecule has 1 aromatic carbocycles. The Hall–Kier alpha value is -0.890. The summed E-state index contributed by atoms with van der Waals surface area (Å²) < 4.78 is 13.7. The lowest BCUT2D eigenvalue weighted by atomic mass is 9.95.